The molecule has 0 radical (unpaired) electrons. The molecule has 20 heavy (non-hydrogen) atoms. The Kier molecular flexibility index (Phi) is 2.67. The van der Waals surface area contributed by atoms with E-state index in [0.29, 0.717) is 23.1 Å². The van der Waals surface area contributed by atoms with Gasteiger partial charge in [0.05, 0.1) is 6.20 Å². The zero-order valence-corrected chi connectivity index (χ0v) is 11.0. The molecule has 0 saturated heterocycles. The summed E-state index contributed by atoms with van der Waals surface area (Å²) in [5.74, 6) is 1.39. The van der Waals surface area contributed by atoms with Crippen LogP contribution in [-0.2, 0) is 0 Å². The van der Waals surface area contributed by atoms with Crippen molar-refractivity contribution >= 4 is 5.82 Å². The molecule has 0 aliphatic rings. The second-order valence-electron chi connectivity index (χ2n) is 4.58. The van der Waals surface area contributed by atoms with Gasteiger partial charge in [0.1, 0.15) is 17.1 Å². The monoisotopic (exact) mass is 271 g/mol. The van der Waals surface area contributed by atoms with Crippen molar-refractivity contribution in [3.8, 4) is 28.6 Å². The molecule has 0 saturated carbocycles. The maximum absolute atomic E-state index is 9.78. The van der Waals surface area contributed by atoms with Crippen molar-refractivity contribution in [2.45, 2.75) is 13.8 Å². The van der Waals surface area contributed by atoms with Crippen LogP contribution in [0.1, 0.15) is 11.1 Å². The summed E-state index contributed by atoms with van der Waals surface area (Å²) in [6, 6.07) is 3.60. The number of nitrogens with one attached hydrogen (secondary N) is 1. The number of H-pyrrole nitrogens is 1. The minimum Gasteiger partial charge on any atom is -0.507 e. The molecular weight excluding hydrogens is 258 g/mol. The maximum Gasteiger partial charge on any atom is 0.263 e. The fourth-order valence-electron chi connectivity index (χ4n) is 2.00. The lowest BCUT2D eigenvalue weighted by Gasteiger charge is -2.04. The van der Waals surface area contributed by atoms with E-state index in [1.165, 1.54) is 6.20 Å². The van der Waals surface area contributed by atoms with Crippen molar-refractivity contribution in [3.63, 3.8) is 0 Å². The van der Waals surface area contributed by atoms with Crippen LogP contribution in [0.5, 0.6) is 5.75 Å². The number of aromatic nitrogens is 4. The van der Waals surface area contributed by atoms with Gasteiger partial charge in [-0.3, -0.25) is 5.10 Å². The number of nitrogens with two attached hydrogens (primary N) is 1. The van der Waals surface area contributed by atoms with E-state index >= 15 is 0 Å². The number of anilines is 1. The van der Waals surface area contributed by atoms with Gasteiger partial charge in [-0.15, -0.1) is 0 Å². The van der Waals surface area contributed by atoms with Crippen LogP contribution in [0.3, 0.4) is 0 Å². The Labute approximate surface area is 114 Å². The fourth-order valence-corrected chi connectivity index (χ4v) is 2.00. The number of hydrogen-bond donors (Lipinski definition) is 3. The van der Waals surface area contributed by atoms with Gasteiger partial charge in [-0.25, -0.2) is 0 Å². The van der Waals surface area contributed by atoms with Crippen molar-refractivity contribution in [2.24, 2.45) is 0 Å². The Morgan fingerprint density at radius 2 is 1.95 bits per heavy atom. The van der Waals surface area contributed by atoms with Crippen LogP contribution in [0.25, 0.3) is 22.8 Å². The van der Waals surface area contributed by atoms with E-state index in [1.54, 1.807) is 12.1 Å². The summed E-state index contributed by atoms with van der Waals surface area (Å²) in [4.78, 5) is 4.30. The molecule has 102 valence electrons. The van der Waals surface area contributed by atoms with Gasteiger partial charge in [-0.1, -0.05) is 5.16 Å². The topological polar surface area (TPSA) is 114 Å². The highest BCUT2D eigenvalue weighted by molar-refractivity contribution is 5.68. The molecule has 0 aliphatic heterocycles. The molecule has 0 amide bonds. The van der Waals surface area contributed by atoms with Crippen LogP contribution < -0.4 is 5.73 Å². The van der Waals surface area contributed by atoms with Crippen molar-refractivity contribution in [1.29, 1.82) is 0 Å². The molecule has 0 spiro atoms. The second-order valence-corrected chi connectivity index (χ2v) is 4.58. The quantitative estimate of drug-likeness (QED) is 0.657. The first-order chi connectivity index (χ1) is 9.56. The van der Waals surface area contributed by atoms with Gasteiger partial charge in [0, 0.05) is 5.56 Å². The van der Waals surface area contributed by atoms with Crippen LogP contribution in [0.4, 0.5) is 5.82 Å². The molecule has 2 aromatic heterocycles. The summed E-state index contributed by atoms with van der Waals surface area (Å²) in [5.41, 5.74) is 8.57. The molecule has 4 N–H and O–H groups in total. The molecule has 0 fully saturated rings. The Bertz CT molecular complexity index is 752. The third-order valence-corrected chi connectivity index (χ3v) is 3.07. The standard InChI is InChI=1S/C13H13N5O2/c1-6-3-8(4-7(2)10(6)19)12-16-13(20-18-12)9-5-15-17-11(9)14/h3-5,19H,1-2H3,(H3,14,15,17). The van der Waals surface area contributed by atoms with Crippen LogP contribution in [0, 0.1) is 13.8 Å². The lowest BCUT2D eigenvalue weighted by molar-refractivity contribution is 0.432. The smallest absolute Gasteiger partial charge is 0.263 e. The minimum atomic E-state index is 0.275. The number of benzene rings is 1. The van der Waals surface area contributed by atoms with E-state index in [0.717, 1.165) is 16.7 Å². The molecule has 1 aromatic carbocycles. The Morgan fingerprint density at radius 3 is 2.55 bits per heavy atom. The van der Waals surface area contributed by atoms with E-state index < -0.39 is 0 Å². The van der Waals surface area contributed by atoms with Gasteiger partial charge < -0.3 is 15.4 Å². The van der Waals surface area contributed by atoms with Gasteiger partial charge in [-0.05, 0) is 37.1 Å². The third-order valence-electron chi connectivity index (χ3n) is 3.07. The molecular formula is C13H13N5O2. The molecule has 0 atom stereocenters. The summed E-state index contributed by atoms with van der Waals surface area (Å²) >= 11 is 0. The van der Waals surface area contributed by atoms with Crippen LogP contribution >= 0.6 is 0 Å². The number of aromatic amines is 1. The number of aryl methyl sites for hydroxylation is 2. The van der Waals surface area contributed by atoms with Gasteiger partial charge in [0.2, 0.25) is 5.82 Å². The van der Waals surface area contributed by atoms with Crippen LogP contribution in [-0.4, -0.2) is 25.4 Å². The molecule has 0 aliphatic carbocycles. The van der Waals surface area contributed by atoms with E-state index in [-0.39, 0.29) is 5.75 Å². The lowest BCUT2D eigenvalue weighted by atomic mass is 10.1. The first kappa shape index (κ1) is 12.2. The van der Waals surface area contributed by atoms with E-state index in [1.807, 2.05) is 13.8 Å². The van der Waals surface area contributed by atoms with Gasteiger partial charge in [0.15, 0.2) is 0 Å². The lowest BCUT2D eigenvalue weighted by Crippen LogP contribution is -1.88. The van der Waals surface area contributed by atoms with E-state index in [4.69, 9.17) is 10.3 Å². The predicted molar refractivity (Wildman–Crippen MR) is 72.9 cm³/mol. The summed E-state index contributed by atoms with van der Waals surface area (Å²) in [7, 11) is 0. The number of nitrogens with zero attached hydrogens (tertiary/aromatic N) is 3. The Morgan fingerprint density at radius 1 is 1.25 bits per heavy atom. The van der Waals surface area contributed by atoms with Gasteiger partial charge in [-0.2, -0.15) is 10.1 Å². The highest BCUT2D eigenvalue weighted by Gasteiger charge is 2.15. The molecule has 7 nitrogen and oxygen atoms in total. The first-order valence-electron chi connectivity index (χ1n) is 5.99. The highest BCUT2D eigenvalue weighted by atomic mass is 16.5. The zero-order chi connectivity index (χ0) is 14.3. The highest BCUT2D eigenvalue weighted by Crippen LogP contribution is 2.29. The maximum atomic E-state index is 9.78. The van der Waals surface area contributed by atoms with Crippen molar-refractivity contribution in [2.75, 3.05) is 5.73 Å². The number of hydrogen-bond acceptors (Lipinski definition) is 6. The van der Waals surface area contributed by atoms with E-state index in [2.05, 4.69) is 20.3 Å². The molecule has 3 aromatic rings. The summed E-state index contributed by atoms with van der Waals surface area (Å²) < 4.78 is 5.19. The first-order valence-corrected chi connectivity index (χ1v) is 5.99. The SMILES string of the molecule is Cc1cc(-c2noc(-c3cn[nH]c3N)n2)cc(C)c1O. The second kappa shape index (κ2) is 4.37. The normalized spacial score (nSPS) is 10.9. The van der Waals surface area contributed by atoms with E-state index in [9.17, 15) is 5.11 Å². The van der Waals surface area contributed by atoms with Gasteiger partial charge >= 0.3 is 0 Å². The number of phenols is 1. The Hall–Kier alpha value is -2.83. The molecule has 0 bridgehead atoms. The van der Waals surface area contributed by atoms with Crippen molar-refractivity contribution in [1.82, 2.24) is 20.3 Å². The minimum absolute atomic E-state index is 0.275. The van der Waals surface area contributed by atoms with Crippen LogP contribution in [0.2, 0.25) is 0 Å². The van der Waals surface area contributed by atoms with Gasteiger partial charge in [0.25, 0.3) is 5.89 Å². The summed E-state index contributed by atoms with van der Waals surface area (Å²) in [5, 5.41) is 20.1. The molecule has 0 unspecified atom stereocenters. The molecule has 7 heteroatoms. The fraction of sp³-hybridized carbons (Fsp3) is 0.154. The molecule has 3 rings (SSSR count). The zero-order valence-electron chi connectivity index (χ0n) is 11.0. The van der Waals surface area contributed by atoms with Crippen molar-refractivity contribution in [3.05, 3.63) is 29.5 Å². The number of aromatic hydroxyl groups is 1. The third kappa shape index (κ3) is 1.89. The average molecular weight is 271 g/mol. The summed E-state index contributed by atoms with van der Waals surface area (Å²) in [6.07, 6.45) is 1.53. The average Bonchev–Trinajstić information content (AvgIpc) is 3.03. The number of rotatable bonds is 2. The summed E-state index contributed by atoms with van der Waals surface area (Å²) in [6.45, 7) is 3.64. The van der Waals surface area contributed by atoms with Crippen molar-refractivity contribution < 1.29 is 9.63 Å². The predicted octanol–water partition coefficient (Wildman–Crippen LogP) is 2.03. The Balaban J connectivity index is 2.05. The molecule has 2 heterocycles. The largest absolute Gasteiger partial charge is 0.507 e. The number of nitrogen functional groups attached to an aromatic ring is 1. The number of phenolic OH excluding ortho intramolecular Hbond substituents is 1. The van der Waals surface area contributed by atoms with Crippen LogP contribution in [0.15, 0.2) is 22.9 Å².